The third-order valence-electron chi connectivity index (χ3n) is 4.25. The van der Waals surface area contributed by atoms with Crippen LogP contribution in [-0.2, 0) is 10.0 Å². The van der Waals surface area contributed by atoms with E-state index >= 15 is 0 Å². The Morgan fingerprint density at radius 2 is 1.71 bits per heavy atom. The molecule has 0 saturated carbocycles. The molecule has 0 aliphatic carbocycles. The number of hydrogen-bond acceptors (Lipinski definition) is 4. The molecule has 28 heavy (non-hydrogen) atoms. The van der Waals surface area contributed by atoms with Gasteiger partial charge in [0.05, 0.1) is 11.4 Å². The SMILES string of the molecule is CN(C)S(=O)(=O)c1cccc(C(=O)NCCOc2ccc3ccccc3c2)c1. The second-order valence-electron chi connectivity index (χ2n) is 6.43. The Balaban J connectivity index is 1.57. The minimum Gasteiger partial charge on any atom is -0.492 e. The molecule has 1 N–H and O–H groups in total. The van der Waals surface area contributed by atoms with Crippen LogP contribution >= 0.6 is 0 Å². The van der Waals surface area contributed by atoms with E-state index in [4.69, 9.17) is 4.74 Å². The van der Waals surface area contributed by atoms with Crippen LogP contribution in [0.2, 0.25) is 0 Å². The maximum atomic E-state index is 12.3. The van der Waals surface area contributed by atoms with Crippen LogP contribution in [0.15, 0.2) is 71.6 Å². The zero-order valence-electron chi connectivity index (χ0n) is 15.8. The van der Waals surface area contributed by atoms with Gasteiger partial charge in [-0.05, 0) is 41.1 Å². The smallest absolute Gasteiger partial charge is 0.251 e. The third-order valence-corrected chi connectivity index (χ3v) is 6.06. The number of nitrogens with one attached hydrogen (secondary N) is 1. The molecule has 0 aliphatic heterocycles. The van der Waals surface area contributed by atoms with Crippen LogP contribution in [0.25, 0.3) is 10.8 Å². The highest BCUT2D eigenvalue weighted by Crippen LogP contribution is 2.20. The average Bonchev–Trinajstić information content (AvgIpc) is 2.71. The second-order valence-corrected chi connectivity index (χ2v) is 8.58. The summed E-state index contributed by atoms with van der Waals surface area (Å²) in [4.78, 5) is 12.4. The van der Waals surface area contributed by atoms with Crippen molar-refractivity contribution in [3.63, 3.8) is 0 Å². The summed E-state index contributed by atoms with van der Waals surface area (Å²) in [5.41, 5.74) is 0.286. The van der Waals surface area contributed by atoms with Crippen molar-refractivity contribution in [1.82, 2.24) is 9.62 Å². The molecule has 0 saturated heterocycles. The molecule has 0 atom stereocenters. The summed E-state index contributed by atoms with van der Waals surface area (Å²) >= 11 is 0. The lowest BCUT2D eigenvalue weighted by atomic mass is 10.1. The Morgan fingerprint density at radius 3 is 2.46 bits per heavy atom. The number of ether oxygens (including phenoxy) is 1. The van der Waals surface area contributed by atoms with Crippen LogP contribution in [0.3, 0.4) is 0 Å². The van der Waals surface area contributed by atoms with Gasteiger partial charge >= 0.3 is 0 Å². The van der Waals surface area contributed by atoms with Crippen LogP contribution in [0, 0.1) is 0 Å². The first kappa shape index (κ1) is 19.9. The van der Waals surface area contributed by atoms with E-state index in [0.717, 1.165) is 20.8 Å². The van der Waals surface area contributed by atoms with Gasteiger partial charge in [-0.3, -0.25) is 4.79 Å². The fourth-order valence-electron chi connectivity index (χ4n) is 2.70. The maximum Gasteiger partial charge on any atom is 0.251 e. The molecule has 3 aromatic carbocycles. The first-order chi connectivity index (χ1) is 13.4. The van der Waals surface area contributed by atoms with E-state index in [-0.39, 0.29) is 16.4 Å². The molecule has 1 amide bonds. The summed E-state index contributed by atoms with van der Waals surface area (Å²) < 4.78 is 31.2. The Labute approximate surface area is 164 Å². The van der Waals surface area contributed by atoms with Gasteiger partial charge in [0.2, 0.25) is 10.0 Å². The van der Waals surface area contributed by atoms with Crippen molar-refractivity contribution in [2.24, 2.45) is 0 Å². The van der Waals surface area contributed by atoms with Crippen molar-refractivity contribution in [3.8, 4) is 5.75 Å². The highest BCUT2D eigenvalue weighted by Gasteiger charge is 2.18. The molecule has 3 rings (SSSR count). The number of carbonyl (C=O) groups excluding carboxylic acids is 1. The lowest BCUT2D eigenvalue weighted by Gasteiger charge is -2.12. The van der Waals surface area contributed by atoms with Crippen LogP contribution in [0.1, 0.15) is 10.4 Å². The molecule has 0 aromatic heterocycles. The third kappa shape index (κ3) is 4.49. The van der Waals surface area contributed by atoms with Gasteiger partial charge in [-0.2, -0.15) is 0 Å². The summed E-state index contributed by atoms with van der Waals surface area (Å²) in [7, 11) is -0.682. The van der Waals surface area contributed by atoms with Gasteiger partial charge in [0, 0.05) is 19.7 Å². The minimum atomic E-state index is -3.58. The number of sulfonamides is 1. The Bertz CT molecular complexity index is 1090. The molecule has 3 aromatic rings. The maximum absolute atomic E-state index is 12.3. The first-order valence-electron chi connectivity index (χ1n) is 8.80. The number of fused-ring (bicyclic) bond motifs is 1. The highest BCUT2D eigenvalue weighted by molar-refractivity contribution is 7.89. The fraction of sp³-hybridized carbons (Fsp3) is 0.190. The van der Waals surface area contributed by atoms with Crippen molar-refractivity contribution in [1.29, 1.82) is 0 Å². The topological polar surface area (TPSA) is 75.7 Å². The molecule has 0 aliphatic rings. The van der Waals surface area contributed by atoms with E-state index < -0.39 is 10.0 Å². The molecular formula is C21H22N2O4S. The molecule has 6 nitrogen and oxygen atoms in total. The Morgan fingerprint density at radius 1 is 0.964 bits per heavy atom. The van der Waals surface area contributed by atoms with Crippen LogP contribution in [0.4, 0.5) is 0 Å². The summed E-state index contributed by atoms with van der Waals surface area (Å²) in [6.07, 6.45) is 0. The minimum absolute atomic E-state index is 0.0811. The molecular weight excluding hydrogens is 376 g/mol. The average molecular weight is 398 g/mol. The zero-order chi connectivity index (χ0) is 20.1. The van der Waals surface area contributed by atoms with Crippen molar-refractivity contribution in [3.05, 3.63) is 72.3 Å². The Kier molecular flexibility index (Phi) is 5.96. The van der Waals surface area contributed by atoms with Crippen molar-refractivity contribution >= 4 is 26.7 Å². The van der Waals surface area contributed by atoms with Gasteiger partial charge < -0.3 is 10.1 Å². The van der Waals surface area contributed by atoms with Gasteiger partial charge in [0.25, 0.3) is 5.91 Å². The summed E-state index contributed by atoms with van der Waals surface area (Å²) in [5.74, 6) is 0.380. The predicted octanol–water partition coefficient (Wildman–Crippen LogP) is 2.90. The quantitative estimate of drug-likeness (QED) is 0.621. The van der Waals surface area contributed by atoms with E-state index in [0.29, 0.717) is 13.2 Å². The largest absolute Gasteiger partial charge is 0.492 e. The molecule has 0 fully saturated rings. The van der Waals surface area contributed by atoms with E-state index in [2.05, 4.69) is 5.32 Å². The van der Waals surface area contributed by atoms with Crippen molar-refractivity contribution in [2.45, 2.75) is 4.90 Å². The first-order valence-corrected chi connectivity index (χ1v) is 10.2. The number of benzene rings is 3. The van der Waals surface area contributed by atoms with Crippen LogP contribution in [-0.4, -0.2) is 45.9 Å². The molecule has 146 valence electrons. The number of amides is 1. The fourth-order valence-corrected chi connectivity index (χ4v) is 3.65. The molecule has 0 radical (unpaired) electrons. The van der Waals surface area contributed by atoms with E-state index in [1.54, 1.807) is 12.1 Å². The molecule has 0 spiro atoms. The predicted molar refractivity (Wildman–Crippen MR) is 109 cm³/mol. The summed E-state index contributed by atoms with van der Waals surface area (Å²) in [6, 6.07) is 19.8. The van der Waals surface area contributed by atoms with Gasteiger partial charge in [-0.1, -0.05) is 36.4 Å². The van der Waals surface area contributed by atoms with Crippen LogP contribution < -0.4 is 10.1 Å². The summed E-state index contributed by atoms with van der Waals surface area (Å²) in [5, 5.41) is 4.96. The number of rotatable bonds is 7. The van der Waals surface area contributed by atoms with E-state index in [1.165, 1.54) is 26.2 Å². The van der Waals surface area contributed by atoms with Crippen LogP contribution in [0.5, 0.6) is 5.75 Å². The lowest BCUT2D eigenvalue weighted by Crippen LogP contribution is -2.28. The van der Waals surface area contributed by atoms with Crippen molar-refractivity contribution < 1.29 is 17.9 Å². The van der Waals surface area contributed by atoms with E-state index in [1.807, 2.05) is 42.5 Å². The normalized spacial score (nSPS) is 11.5. The van der Waals surface area contributed by atoms with Crippen molar-refractivity contribution in [2.75, 3.05) is 27.2 Å². The Hall–Kier alpha value is -2.90. The zero-order valence-corrected chi connectivity index (χ0v) is 16.6. The molecule has 0 heterocycles. The monoisotopic (exact) mass is 398 g/mol. The van der Waals surface area contributed by atoms with Gasteiger partial charge in [-0.15, -0.1) is 0 Å². The van der Waals surface area contributed by atoms with Gasteiger partial charge in [0.1, 0.15) is 12.4 Å². The second kappa shape index (κ2) is 8.41. The number of hydrogen-bond donors (Lipinski definition) is 1. The van der Waals surface area contributed by atoms with Gasteiger partial charge in [0.15, 0.2) is 0 Å². The molecule has 0 unspecified atom stereocenters. The number of carbonyl (C=O) groups is 1. The van der Waals surface area contributed by atoms with Gasteiger partial charge in [-0.25, -0.2) is 12.7 Å². The molecule has 7 heteroatoms. The summed E-state index contributed by atoms with van der Waals surface area (Å²) in [6.45, 7) is 0.607. The standard InChI is InChI=1S/C21H22N2O4S/c1-23(2)28(25,26)20-9-5-8-18(15-20)21(24)22-12-13-27-19-11-10-16-6-3-4-7-17(16)14-19/h3-11,14-15H,12-13H2,1-2H3,(H,22,24). The highest BCUT2D eigenvalue weighted by atomic mass is 32.2. The van der Waals surface area contributed by atoms with E-state index in [9.17, 15) is 13.2 Å². The molecule has 0 bridgehead atoms. The number of nitrogens with zero attached hydrogens (tertiary/aromatic N) is 1. The lowest BCUT2D eigenvalue weighted by molar-refractivity contribution is 0.0947.